The highest BCUT2D eigenvalue weighted by Gasteiger charge is 2.31. The molecule has 0 saturated heterocycles. The molecule has 0 atom stereocenters. The smallest absolute Gasteiger partial charge is 0.263 e. The van der Waals surface area contributed by atoms with E-state index in [1.807, 2.05) is 0 Å². The van der Waals surface area contributed by atoms with Gasteiger partial charge in [-0.15, -0.1) is 10.9 Å². The predicted molar refractivity (Wildman–Crippen MR) is 41.9 cm³/mol. The van der Waals surface area contributed by atoms with E-state index in [0.717, 1.165) is 5.32 Å². The van der Waals surface area contributed by atoms with Gasteiger partial charge in [0.2, 0.25) is 0 Å². The third-order valence-electron chi connectivity index (χ3n) is 1.09. The maximum absolute atomic E-state index is 11.6. The number of nitrogens with one attached hydrogen (secondary N) is 1. The van der Waals surface area contributed by atoms with Crippen LogP contribution < -0.4 is 5.32 Å². The number of hydrogen-bond acceptors (Lipinski definition) is 1. The van der Waals surface area contributed by atoms with Crippen molar-refractivity contribution in [2.24, 2.45) is 0 Å². The fourth-order valence-electron chi connectivity index (χ4n) is 0.656. The molecule has 0 spiro atoms. The van der Waals surface area contributed by atoms with Gasteiger partial charge in [0.05, 0.1) is 0 Å². The van der Waals surface area contributed by atoms with Crippen molar-refractivity contribution < 1.29 is 18.0 Å². The second-order valence-corrected chi connectivity index (χ2v) is 3.84. The van der Waals surface area contributed by atoms with Crippen LogP contribution in [0.25, 0.3) is 0 Å². The predicted octanol–water partition coefficient (Wildman–Crippen LogP) is 2.26. The summed E-state index contributed by atoms with van der Waals surface area (Å²) < 4.78 is 34.8. The molecule has 1 amide bonds. The number of alkyl halides is 3. The van der Waals surface area contributed by atoms with E-state index in [1.54, 1.807) is 12.2 Å². The lowest BCUT2D eigenvalue weighted by atomic mass is 10.6. The minimum absolute atomic E-state index is 0.948. The maximum atomic E-state index is 11.6. The second kappa shape index (κ2) is 3.22. The second-order valence-electron chi connectivity index (χ2n) is 2.02. The lowest BCUT2D eigenvalue weighted by Crippen LogP contribution is -2.35. The first kappa shape index (κ1) is 9.18. The van der Waals surface area contributed by atoms with Crippen molar-refractivity contribution in [3.63, 3.8) is 0 Å². The van der Waals surface area contributed by atoms with Gasteiger partial charge < -0.3 is 0 Å². The molecule has 6 heteroatoms. The van der Waals surface area contributed by atoms with Crippen molar-refractivity contribution in [3.05, 3.63) is 23.0 Å². The zero-order chi connectivity index (χ0) is 9.19. The first-order chi connectivity index (χ1) is 5.49. The molecule has 1 rings (SSSR count). The number of halogens is 3. The SMILES string of the molecule is O=C(NC(F)(F)F)[SH]1C=CC=C1. The van der Waals surface area contributed by atoms with Gasteiger partial charge in [-0.25, -0.2) is 0 Å². The topological polar surface area (TPSA) is 29.1 Å². The van der Waals surface area contributed by atoms with Gasteiger partial charge in [0.25, 0.3) is 5.24 Å². The highest BCUT2D eigenvalue weighted by atomic mass is 32.2. The van der Waals surface area contributed by atoms with Crippen LogP contribution in [0.1, 0.15) is 0 Å². The molecule has 0 radical (unpaired) electrons. The van der Waals surface area contributed by atoms with E-state index in [4.69, 9.17) is 0 Å². The molecule has 0 aromatic heterocycles. The van der Waals surface area contributed by atoms with Crippen molar-refractivity contribution in [1.82, 2.24) is 5.32 Å². The molecular weight excluding hydrogens is 191 g/mol. The van der Waals surface area contributed by atoms with E-state index in [0.29, 0.717) is 0 Å². The van der Waals surface area contributed by atoms with Crippen molar-refractivity contribution in [3.8, 4) is 0 Å². The number of allylic oxidation sites excluding steroid dienone is 2. The van der Waals surface area contributed by atoms with Gasteiger partial charge in [-0.2, -0.15) is 13.2 Å². The molecule has 0 bridgehead atoms. The van der Waals surface area contributed by atoms with Gasteiger partial charge in [0.15, 0.2) is 0 Å². The summed E-state index contributed by atoms with van der Waals surface area (Å²) in [6.45, 7) is 0. The largest absolute Gasteiger partial charge is 0.485 e. The molecule has 0 aromatic carbocycles. The summed E-state index contributed by atoms with van der Waals surface area (Å²) >= 11 is 0. The van der Waals surface area contributed by atoms with Gasteiger partial charge in [-0.3, -0.25) is 10.1 Å². The molecule has 0 fully saturated rings. The number of thiol groups is 1. The van der Waals surface area contributed by atoms with Gasteiger partial charge in [-0.05, 0) is 10.8 Å². The Morgan fingerprint density at radius 1 is 1.25 bits per heavy atom. The van der Waals surface area contributed by atoms with Gasteiger partial charge >= 0.3 is 6.30 Å². The van der Waals surface area contributed by atoms with Crippen LogP contribution in [0.3, 0.4) is 0 Å². The molecule has 1 aliphatic rings. The van der Waals surface area contributed by atoms with Crippen LogP contribution in [-0.2, 0) is 0 Å². The zero-order valence-corrected chi connectivity index (χ0v) is 6.69. The Morgan fingerprint density at radius 3 is 2.17 bits per heavy atom. The van der Waals surface area contributed by atoms with Crippen LogP contribution in [0.4, 0.5) is 18.0 Å². The Morgan fingerprint density at radius 2 is 1.75 bits per heavy atom. The van der Waals surface area contributed by atoms with Crippen molar-refractivity contribution in [1.29, 1.82) is 0 Å². The van der Waals surface area contributed by atoms with Crippen LogP contribution >= 0.6 is 10.9 Å². The van der Waals surface area contributed by atoms with Crippen molar-refractivity contribution in [2.45, 2.75) is 6.30 Å². The van der Waals surface area contributed by atoms with Crippen molar-refractivity contribution >= 4 is 16.1 Å². The summed E-state index contributed by atoms with van der Waals surface area (Å²) in [6.07, 6.45) is -1.51. The number of carbonyl (C=O) groups excluding carboxylic acids is 1. The standard InChI is InChI=1S/C6H6F3NOS/c7-6(8,9)10-5(11)12-3-1-2-4-12/h1-4,12H,(H,10,11). The lowest BCUT2D eigenvalue weighted by Gasteiger charge is -2.12. The fraction of sp³-hybridized carbons (Fsp3) is 0.167. The molecule has 0 saturated carbocycles. The monoisotopic (exact) mass is 197 g/mol. The number of carbonyl (C=O) groups is 1. The number of hydrogen-bond donors (Lipinski definition) is 2. The van der Waals surface area contributed by atoms with Gasteiger partial charge in [-0.1, -0.05) is 12.2 Å². The summed E-state index contributed by atoms with van der Waals surface area (Å²) in [4.78, 5) is 10.8. The fourth-order valence-corrected chi connectivity index (χ4v) is 1.85. The molecule has 1 heterocycles. The minimum atomic E-state index is -4.62. The summed E-state index contributed by atoms with van der Waals surface area (Å²) in [5.74, 6) is 0. The molecule has 1 N–H and O–H groups in total. The van der Waals surface area contributed by atoms with E-state index < -0.39 is 22.4 Å². The molecule has 2 nitrogen and oxygen atoms in total. The molecular formula is C6H6F3NOS. The Hall–Kier alpha value is -0.910. The average Bonchev–Trinajstić information content (AvgIpc) is 2.32. The third-order valence-corrected chi connectivity index (χ3v) is 2.66. The minimum Gasteiger partial charge on any atom is -0.263 e. The lowest BCUT2D eigenvalue weighted by molar-refractivity contribution is -0.143. The van der Waals surface area contributed by atoms with E-state index in [2.05, 4.69) is 0 Å². The van der Waals surface area contributed by atoms with E-state index in [-0.39, 0.29) is 0 Å². The summed E-state index contributed by atoms with van der Waals surface area (Å²) in [5.41, 5.74) is 0. The van der Waals surface area contributed by atoms with E-state index >= 15 is 0 Å². The highest BCUT2D eigenvalue weighted by Crippen LogP contribution is 2.34. The van der Waals surface area contributed by atoms with Crippen LogP contribution in [-0.4, -0.2) is 11.5 Å². The highest BCUT2D eigenvalue weighted by molar-refractivity contribution is 8.34. The summed E-state index contributed by atoms with van der Waals surface area (Å²) in [6, 6.07) is 0. The number of amides is 1. The molecule has 68 valence electrons. The van der Waals surface area contributed by atoms with Crippen LogP contribution in [0.5, 0.6) is 0 Å². The van der Waals surface area contributed by atoms with Crippen LogP contribution in [0, 0.1) is 0 Å². The first-order valence-electron chi connectivity index (χ1n) is 3.01. The normalized spacial score (nSPS) is 18.4. The maximum Gasteiger partial charge on any atom is 0.485 e. The third kappa shape index (κ3) is 2.61. The summed E-state index contributed by atoms with van der Waals surface area (Å²) in [7, 11) is -1.40. The molecule has 0 aliphatic carbocycles. The van der Waals surface area contributed by atoms with Crippen LogP contribution in [0.15, 0.2) is 23.0 Å². The van der Waals surface area contributed by atoms with Crippen LogP contribution in [0.2, 0.25) is 0 Å². The Labute approximate surface area is 69.5 Å². The zero-order valence-electron chi connectivity index (χ0n) is 5.80. The number of rotatable bonds is 0. The van der Waals surface area contributed by atoms with Crippen molar-refractivity contribution in [2.75, 3.05) is 0 Å². The Bertz CT molecular complexity index is 234. The molecule has 0 aromatic rings. The molecule has 0 unspecified atom stereocenters. The van der Waals surface area contributed by atoms with E-state index in [9.17, 15) is 18.0 Å². The Kier molecular flexibility index (Phi) is 2.46. The van der Waals surface area contributed by atoms with Gasteiger partial charge in [0, 0.05) is 0 Å². The first-order valence-corrected chi connectivity index (χ1v) is 4.49. The summed E-state index contributed by atoms with van der Waals surface area (Å²) in [5, 5.41) is 2.87. The quantitative estimate of drug-likeness (QED) is 0.452. The molecule has 1 aliphatic heterocycles. The average molecular weight is 197 g/mol. The van der Waals surface area contributed by atoms with Gasteiger partial charge in [0.1, 0.15) is 0 Å². The Balaban J connectivity index is 2.49. The molecule has 12 heavy (non-hydrogen) atoms. The van der Waals surface area contributed by atoms with E-state index in [1.165, 1.54) is 10.8 Å².